The fourth-order valence-corrected chi connectivity index (χ4v) is 2.38. The van der Waals surface area contributed by atoms with Gasteiger partial charge in [-0.25, -0.2) is 9.59 Å². The molecule has 0 aliphatic carbocycles. The highest BCUT2D eigenvalue weighted by atomic mass is 16.5. The van der Waals surface area contributed by atoms with Crippen molar-refractivity contribution in [2.75, 3.05) is 33.4 Å². The second-order valence-corrected chi connectivity index (χ2v) is 6.51. The summed E-state index contributed by atoms with van der Waals surface area (Å²) in [6.45, 7) is 4.18. The molecular formula is C23H31NO7. The lowest BCUT2D eigenvalue weighted by Gasteiger charge is -2.09. The molecule has 8 heteroatoms. The summed E-state index contributed by atoms with van der Waals surface area (Å²) in [5, 5.41) is 18.2. The number of carboxylic acids is 2. The summed E-state index contributed by atoms with van der Waals surface area (Å²) in [5.41, 5.74) is 1.17. The first-order valence-electron chi connectivity index (χ1n) is 10.1. The van der Waals surface area contributed by atoms with Crippen molar-refractivity contribution in [1.82, 2.24) is 5.32 Å². The number of carbonyl (C=O) groups is 2. The molecule has 3 N–H and O–H groups in total. The van der Waals surface area contributed by atoms with E-state index in [2.05, 4.69) is 17.4 Å². The zero-order valence-corrected chi connectivity index (χ0v) is 17.8. The largest absolute Gasteiger partial charge is 0.494 e. The molecule has 0 aliphatic rings. The lowest BCUT2D eigenvalue weighted by atomic mass is 10.2. The number of rotatable bonds is 13. The summed E-state index contributed by atoms with van der Waals surface area (Å²) < 4.78 is 16.6. The normalized spacial score (nSPS) is 9.97. The van der Waals surface area contributed by atoms with Crippen LogP contribution in [-0.2, 0) is 20.9 Å². The molecule has 0 spiro atoms. The summed E-state index contributed by atoms with van der Waals surface area (Å²) in [6.07, 6.45) is 3.22. The van der Waals surface area contributed by atoms with Gasteiger partial charge in [0.25, 0.3) is 0 Å². The predicted molar refractivity (Wildman–Crippen MR) is 117 cm³/mol. The Bertz CT molecular complexity index is 723. The fourth-order valence-electron chi connectivity index (χ4n) is 2.38. The molecule has 0 aliphatic heterocycles. The highest BCUT2D eigenvalue weighted by Crippen LogP contribution is 2.19. The van der Waals surface area contributed by atoms with Gasteiger partial charge in [0, 0.05) is 13.7 Å². The van der Waals surface area contributed by atoms with Crippen LogP contribution >= 0.6 is 0 Å². The first-order valence-corrected chi connectivity index (χ1v) is 10.1. The third-order valence-corrected chi connectivity index (χ3v) is 3.97. The van der Waals surface area contributed by atoms with Gasteiger partial charge in [0.2, 0.25) is 0 Å². The van der Waals surface area contributed by atoms with Crippen LogP contribution in [-0.4, -0.2) is 55.6 Å². The molecule has 0 unspecified atom stereocenters. The van der Waals surface area contributed by atoms with Gasteiger partial charge in [-0.2, -0.15) is 0 Å². The molecule has 0 amide bonds. The highest BCUT2D eigenvalue weighted by molar-refractivity contribution is 6.27. The van der Waals surface area contributed by atoms with Gasteiger partial charge in [0.15, 0.2) is 0 Å². The molecule has 0 fully saturated rings. The smallest absolute Gasteiger partial charge is 0.414 e. The van der Waals surface area contributed by atoms with E-state index < -0.39 is 11.9 Å². The van der Waals surface area contributed by atoms with Gasteiger partial charge in [-0.1, -0.05) is 30.3 Å². The van der Waals surface area contributed by atoms with Crippen molar-refractivity contribution in [2.45, 2.75) is 25.9 Å². The molecule has 0 heterocycles. The summed E-state index contributed by atoms with van der Waals surface area (Å²) >= 11 is 0. The molecule has 2 aromatic carbocycles. The molecule has 8 nitrogen and oxygen atoms in total. The predicted octanol–water partition coefficient (Wildman–Crippen LogP) is 3.21. The van der Waals surface area contributed by atoms with E-state index in [1.54, 1.807) is 7.11 Å². The summed E-state index contributed by atoms with van der Waals surface area (Å²) in [6, 6.07) is 18.0. The number of unbranched alkanes of at least 4 members (excludes halogenated alkanes) is 1. The molecule has 0 saturated carbocycles. The van der Waals surface area contributed by atoms with Crippen LogP contribution in [0.4, 0.5) is 0 Å². The average Bonchev–Trinajstić information content (AvgIpc) is 2.78. The van der Waals surface area contributed by atoms with E-state index in [-0.39, 0.29) is 0 Å². The first-order chi connectivity index (χ1) is 15.0. The van der Waals surface area contributed by atoms with Crippen LogP contribution < -0.4 is 14.8 Å². The number of ether oxygens (including phenoxy) is 3. The van der Waals surface area contributed by atoms with E-state index in [1.165, 1.54) is 5.56 Å². The monoisotopic (exact) mass is 433 g/mol. The van der Waals surface area contributed by atoms with Gasteiger partial charge in [-0.3, -0.25) is 0 Å². The van der Waals surface area contributed by atoms with Gasteiger partial charge in [-0.05, 0) is 62.2 Å². The number of aliphatic carboxylic acids is 2. The van der Waals surface area contributed by atoms with Crippen LogP contribution in [0.15, 0.2) is 54.6 Å². The molecule has 0 aromatic heterocycles. The second-order valence-electron chi connectivity index (χ2n) is 6.51. The minimum atomic E-state index is -1.82. The van der Waals surface area contributed by atoms with Crippen molar-refractivity contribution in [1.29, 1.82) is 0 Å². The maximum Gasteiger partial charge on any atom is 0.414 e. The van der Waals surface area contributed by atoms with Gasteiger partial charge in [0.05, 0.1) is 6.61 Å². The van der Waals surface area contributed by atoms with Crippen molar-refractivity contribution in [3.05, 3.63) is 60.2 Å². The standard InChI is InChI=1S/C21H29NO3.C2H2O4/c1-23-16-7-15-22-14-5-6-17-24-20-10-12-21(13-11-20)25-18-19-8-3-2-4-9-19;3-1(4)2(5)6/h2-4,8-13,22H,5-7,14-18H2,1H3;(H,3,4)(H,5,6). The zero-order chi connectivity index (χ0) is 22.7. The van der Waals surface area contributed by atoms with Gasteiger partial charge >= 0.3 is 11.9 Å². The number of methoxy groups -OCH3 is 1. The van der Waals surface area contributed by atoms with Crippen LogP contribution in [0.5, 0.6) is 11.5 Å². The molecule has 0 bridgehead atoms. The molecule has 2 rings (SSSR count). The van der Waals surface area contributed by atoms with Gasteiger partial charge < -0.3 is 29.7 Å². The van der Waals surface area contributed by atoms with E-state index in [0.717, 1.165) is 57.1 Å². The average molecular weight is 434 g/mol. The SMILES string of the molecule is COCCCNCCCCOc1ccc(OCc2ccccc2)cc1.O=C(O)C(=O)O. The number of hydrogen-bond donors (Lipinski definition) is 3. The summed E-state index contributed by atoms with van der Waals surface area (Å²) in [4.78, 5) is 18.2. The number of carboxylic acid groups (broad SMARTS) is 2. The van der Waals surface area contributed by atoms with Crippen molar-refractivity contribution in [3.8, 4) is 11.5 Å². The van der Waals surface area contributed by atoms with Gasteiger partial charge in [-0.15, -0.1) is 0 Å². The Kier molecular flexibility index (Phi) is 13.9. The van der Waals surface area contributed by atoms with Crippen LogP contribution in [0.2, 0.25) is 0 Å². The van der Waals surface area contributed by atoms with E-state index in [1.807, 2.05) is 42.5 Å². The Morgan fingerprint density at radius 2 is 1.35 bits per heavy atom. The minimum Gasteiger partial charge on any atom is -0.494 e. The van der Waals surface area contributed by atoms with E-state index >= 15 is 0 Å². The Labute approximate surface area is 182 Å². The third-order valence-electron chi connectivity index (χ3n) is 3.97. The van der Waals surface area contributed by atoms with Crippen LogP contribution in [0.1, 0.15) is 24.8 Å². The molecule has 0 radical (unpaired) electrons. The lowest BCUT2D eigenvalue weighted by Crippen LogP contribution is -2.18. The highest BCUT2D eigenvalue weighted by Gasteiger charge is 2.04. The van der Waals surface area contributed by atoms with Crippen LogP contribution in [0.25, 0.3) is 0 Å². The van der Waals surface area contributed by atoms with Crippen LogP contribution in [0.3, 0.4) is 0 Å². The van der Waals surface area contributed by atoms with E-state index in [0.29, 0.717) is 6.61 Å². The van der Waals surface area contributed by atoms with Gasteiger partial charge in [0.1, 0.15) is 18.1 Å². The molecule has 31 heavy (non-hydrogen) atoms. The van der Waals surface area contributed by atoms with E-state index in [4.69, 9.17) is 34.0 Å². The Hall–Kier alpha value is -3.10. The fraction of sp³-hybridized carbons (Fsp3) is 0.391. The summed E-state index contributed by atoms with van der Waals surface area (Å²) in [7, 11) is 1.74. The molecule has 0 saturated heterocycles. The Morgan fingerprint density at radius 3 is 1.94 bits per heavy atom. The van der Waals surface area contributed by atoms with Crippen molar-refractivity contribution in [2.24, 2.45) is 0 Å². The first kappa shape index (κ1) is 25.9. The number of nitrogens with one attached hydrogen (secondary N) is 1. The summed E-state index contributed by atoms with van der Waals surface area (Å²) in [5.74, 6) is -1.90. The van der Waals surface area contributed by atoms with Crippen molar-refractivity contribution < 1.29 is 34.0 Å². The number of benzene rings is 2. The maximum absolute atomic E-state index is 9.10. The third kappa shape index (κ3) is 13.7. The number of hydrogen-bond acceptors (Lipinski definition) is 6. The molecule has 0 atom stereocenters. The van der Waals surface area contributed by atoms with Crippen LogP contribution in [0, 0.1) is 0 Å². The van der Waals surface area contributed by atoms with E-state index in [9.17, 15) is 0 Å². The topological polar surface area (TPSA) is 114 Å². The lowest BCUT2D eigenvalue weighted by molar-refractivity contribution is -0.159. The van der Waals surface area contributed by atoms with Crippen molar-refractivity contribution in [3.63, 3.8) is 0 Å². The maximum atomic E-state index is 9.10. The minimum absolute atomic E-state index is 0.582. The van der Waals surface area contributed by atoms with Crippen molar-refractivity contribution >= 4 is 11.9 Å². The molecule has 170 valence electrons. The zero-order valence-electron chi connectivity index (χ0n) is 17.8. The quantitative estimate of drug-likeness (QED) is 0.326. The Morgan fingerprint density at radius 1 is 0.774 bits per heavy atom. The molecular weight excluding hydrogens is 402 g/mol. The second kappa shape index (κ2) is 16.7. The molecule has 2 aromatic rings. The Balaban J connectivity index is 0.000000703.